The fourth-order valence-electron chi connectivity index (χ4n) is 1.53. The van der Waals surface area contributed by atoms with Crippen molar-refractivity contribution in [1.82, 2.24) is 15.2 Å². The van der Waals surface area contributed by atoms with Crippen LogP contribution in [0.1, 0.15) is 38.3 Å². The van der Waals surface area contributed by atoms with Gasteiger partial charge < -0.3 is 4.74 Å². The summed E-state index contributed by atoms with van der Waals surface area (Å²) >= 11 is 0. The van der Waals surface area contributed by atoms with E-state index in [2.05, 4.69) is 24.4 Å². The van der Waals surface area contributed by atoms with Gasteiger partial charge in [0.1, 0.15) is 0 Å². The molecule has 0 amide bonds. The van der Waals surface area contributed by atoms with Gasteiger partial charge in [-0.3, -0.25) is 16.0 Å². The Balaban J connectivity index is 2.40. The predicted molar refractivity (Wildman–Crippen MR) is 63.7 cm³/mol. The van der Waals surface area contributed by atoms with Gasteiger partial charge in [0.25, 0.3) is 0 Å². The van der Waals surface area contributed by atoms with Gasteiger partial charge >= 0.3 is 0 Å². The molecule has 0 fully saturated rings. The van der Waals surface area contributed by atoms with E-state index in [9.17, 15) is 0 Å². The van der Waals surface area contributed by atoms with Crippen LogP contribution in [0.2, 0.25) is 0 Å². The predicted octanol–water partition coefficient (Wildman–Crippen LogP) is 1.22. The summed E-state index contributed by atoms with van der Waals surface area (Å²) in [5.74, 6) is 5.53. The maximum Gasteiger partial charge on any atom is 0.0538 e. The Bertz CT molecular complexity index is 287. The molecule has 5 nitrogen and oxygen atoms in total. The standard InChI is InChI=1S/C11H22N4O/c1-3-6-16-7-5-11(14-12)10-8-13-15(4-2)9-10/h8-9,11,14H,3-7,12H2,1-2H3. The molecule has 1 aromatic heterocycles. The lowest BCUT2D eigenvalue weighted by atomic mass is 10.1. The fourth-order valence-corrected chi connectivity index (χ4v) is 1.53. The molecule has 1 atom stereocenters. The number of aromatic nitrogens is 2. The average molecular weight is 226 g/mol. The molecule has 0 aromatic carbocycles. The van der Waals surface area contributed by atoms with E-state index in [4.69, 9.17) is 10.6 Å². The smallest absolute Gasteiger partial charge is 0.0538 e. The molecule has 0 saturated heterocycles. The van der Waals surface area contributed by atoms with E-state index in [-0.39, 0.29) is 6.04 Å². The lowest BCUT2D eigenvalue weighted by Gasteiger charge is -2.13. The first-order valence-electron chi connectivity index (χ1n) is 5.88. The maximum absolute atomic E-state index is 5.53. The van der Waals surface area contributed by atoms with Gasteiger partial charge in [0.05, 0.1) is 12.2 Å². The van der Waals surface area contributed by atoms with E-state index in [0.29, 0.717) is 0 Å². The third-order valence-corrected chi connectivity index (χ3v) is 2.48. The minimum atomic E-state index is 0.122. The monoisotopic (exact) mass is 226 g/mol. The molecule has 92 valence electrons. The summed E-state index contributed by atoms with van der Waals surface area (Å²) in [6, 6.07) is 0.122. The van der Waals surface area contributed by atoms with Crippen LogP contribution < -0.4 is 11.3 Å². The molecule has 1 aromatic rings. The molecule has 0 radical (unpaired) electrons. The number of ether oxygens (including phenoxy) is 1. The molecule has 0 aliphatic rings. The SMILES string of the molecule is CCCOCCC(NN)c1cnn(CC)c1. The first-order valence-corrected chi connectivity index (χ1v) is 5.88. The summed E-state index contributed by atoms with van der Waals surface area (Å²) < 4.78 is 7.34. The van der Waals surface area contributed by atoms with Gasteiger partial charge in [0.15, 0.2) is 0 Å². The normalized spacial score (nSPS) is 12.9. The van der Waals surface area contributed by atoms with Crippen LogP contribution in [0.4, 0.5) is 0 Å². The van der Waals surface area contributed by atoms with Gasteiger partial charge in [-0.1, -0.05) is 6.92 Å². The minimum absolute atomic E-state index is 0.122. The van der Waals surface area contributed by atoms with Gasteiger partial charge in [-0.25, -0.2) is 0 Å². The van der Waals surface area contributed by atoms with Crippen LogP contribution in [0.25, 0.3) is 0 Å². The number of rotatable bonds is 8. The summed E-state index contributed by atoms with van der Waals surface area (Å²) in [7, 11) is 0. The summed E-state index contributed by atoms with van der Waals surface area (Å²) in [6.07, 6.45) is 5.79. The molecular weight excluding hydrogens is 204 g/mol. The molecule has 0 aliphatic heterocycles. The molecule has 1 heterocycles. The Morgan fingerprint density at radius 1 is 1.50 bits per heavy atom. The average Bonchev–Trinajstić information content (AvgIpc) is 2.78. The molecule has 5 heteroatoms. The van der Waals surface area contributed by atoms with E-state index in [1.54, 1.807) is 0 Å². The van der Waals surface area contributed by atoms with E-state index in [1.807, 2.05) is 17.1 Å². The zero-order valence-electron chi connectivity index (χ0n) is 10.1. The van der Waals surface area contributed by atoms with Crippen LogP contribution in [0.5, 0.6) is 0 Å². The second kappa shape index (κ2) is 7.38. The summed E-state index contributed by atoms with van der Waals surface area (Å²) in [5.41, 5.74) is 3.91. The van der Waals surface area contributed by atoms with Crippen molar-refractivity contribution < 1.29 is 4.74 Å². The lowest BCUT2D eigenvalue weighted by Crippen LogP contribution is -2.28. The van der Waals surface area contributed by atoms with Crippen molar-refractivity contribution >= 4 is 0 Å². The van der Waals surface area contributed by atoms with Crippen LogP contribution in [0.15, 0.2) is 12.4 Å². The summed E-state index contributed by atoms with van der Waals surface area (Å²) in [4.78, 5) is 0. The van der Waals surface area contributed by atoms with Crippen molar-refractivity contribution in [2.45, 2.75) is 39.3 Å². The number of nitrogens with two attached hydrogens (primary N) is 1. The minimum Gasteiger partial charge on any atom is -0.381 e. The van der Waals surface area contributed by atoms with Crippen molar-refractivity contribution in [2.24, 2.45) is 5.84 Å². The number of hydrogen-bond donors (Lipinski definition) is 2. The number of hydrazine groups is 1. The van der Waals surface area contributed by atoms with E-state index in [1.165, 1.54) is 0 Å². The highest BCUT2D eigenvalue weighted by molar-refractivity contribution is 5.09. The van der Waals surface area contributed by atoms with Gasteiger partial charge in [-0.05, 0) is 19.8 Å². The largest absolute Gasteiger partial charge is 0.381 e. The third-order valence-electron chi connectivity index (χ3n) is 2.48. The Morgan fingerprint density at radius 3 is 2.88 bits per heavy atom. The molecule has 3 N–H and O–H groups in total. The second-order valence-corrected chi connectivity index (χ2v) is 3.75. The first-order chi connectivity index (χ1) is 7.81. The molecule has 0 bridgehead atoms. The maximum atomic E-state index is 5.53. The molecule has 0 spiro atoms. The van der Waals surface area contributed by atoms with Crippen molar-refractivity contribution in [3.63, 3.8) is 0 Å². The highest BCUT2D eigenvalue weighted by Gasteiger charge is 2.11. The van der Waals surface area contributed by atoms with Crippen molar-refractivity contribution in [3.05, 3.63) is 18.0 Å². The fraction of sp³-hybridized carbons (Fsp3) is 0.727. The second-order valence-electron chi connectivity index (χ2n) is 3.75. The lowest BCUT2D eigenvalue weighted by molar-refractivity contribution is 0.124. The third kappa shape index (κ3) is 3.92. The van der Waals surface area contributed by atoms with Gasteiger partial charge in [-0.2, -0.15) is 5.10 Å². The van der Waals surface area contributed by atoms with Crippen LogP contribution in [-0.2, 0) is 11.3 Å². The molecule has 1 rings (SSSR count). The highest BCUT2D eigenvalue weighted by atomic mass is 16.5. The Kier molecular flexibility index (Phi) is 6.07. The van der Waals surface area contributed by atoms with Gasteiger partial charge in [0, 0.05) is 31.5 Å². The highest BCUT2D eigenvalue weighted by Crippen LogP contribution is 2.14. The topological polar surface area (TPSA) is 65.1 Å². The van der Waals surface area contributed by atoms with Crippen LogP contribution in [0.3, 0.4) is 0 Å². The molecule has 0 saturated carbocycles. The van der Waals surface area contributed by atoms with Crippen LogP contribution >= 0.6 is 0 Å². The van der Waals surface area contributed by atoms with Crippen molar-refractivity contribution in [3.8, 4) is 0 Å². The molecule has 16 heavy (non-hydrogen) atoms. The van der Waals surface area contributed by atoms with Crippen molar-refractivity contribution in [2.75, 3.05) is 13.2 Å². The molecular formula is C11H22N4O. The van der Waals surface area contributed by atoms with Gasteiger partial charge in [0.2, 0.25) is 0 Å². The number of hydrogen-bond acceptors (Lipinski definition) is 4. The Labute approximate surface area is 96.9 Å². The zero-order valence-corrected chi connectivity index (χ0v) is 10.1. The van der Waals surface area contributed by atoms with E-state index in [0.717, 1.165) is 38.2 Å². The molecule has 0 aliphatic carbocycles. The van der Waals surface area contributed by atoms with E-state index >= 15 is 0 Å². The van der Waals surface area contributed by atoms with Crippen LogP contribution in [0, 0.1) is 0 Å². The quantitative estimate of drug-likeness (QED) is 0.397. The Morgan fingerprint density at radius 2 is 2.31 bits per heavy atom. The zero-order chi connectivity index (χ0) is 11.8. The number of nitrogens with one attached hydrogen (secondary N) is 1. The van der Waals surface area contributed by atoms with Crippen molar-refractivity contribution in [1.29, 1.82) is 0 Å². The number of nitrogens with zero attached hydrogens (tertiary/aromatic N) is 2. The van der Waals surface area contributed by atoms with Gasteiger partial charge in [-0.15, -0.1) is 0 Å². The number of aryl methyl sites for hydroxylation is 1. The van der Waals surface area contributed by atoms with Crippen LogP contribution in [-0.4, -0.2) is 23.0 Å². The van der Waals surface area contributed by atoms with E-state index < -0.39 is 0 Å². The molecule has 1 unspecified atom stereocenters. The Hall–Kier alpha value is -0.910. The summed E-state index contributed by atoms with van der Waals surface area (Å²) in [6.45, 7) is 6.57. The first kappa shape index (κ1) is 13.2. The summed E-state index contributed by atoms with van der Waals surface area (Å²) in [5, 5.41) is 4.23.